The maximum absolute atomic E-state index is 14.1. The Bertz CT molecular complexity index is 833. The standard InChI is InChI=1S/C17H14ClFN2OS/c1-10-15(8-11-4-3-5-13(18)16(11)19)23-17(21-10)14-7-6-12(22-2)9-20-14/h3-7,9H,8H2,1-2H3. The van der Waals surface area contributed by atoms with Gasteiger partial charge in [0.15, 0.2) is 0 Å². The third kappa shape index (κ3) is 3.35. The molecule has 0 aliphatic rings. The Balaban J connectivity index is 1.90. The Morgan fingerprint density at radius 3 is 2.78 bits per heavy atom. The van der Waals surface area contributed by atoms with Gasteiger partial charge in [-0.2, -0.15) is 0 Å². The average Bonchev–Trinajstić information content (AvgIpc) is 2.93. The molecule has 0 fully saturated rings. The zero-order valence-electron chi connectivity index (χ0n) is 12.6. The van der Waals surface area contributed by atoms with Crippen molar-refractivity contribution in [3.8, 4) is 16.5 Å². The van der Waals surface area contributed by atoms with Gasteiger partial charge in [-0.1, -0.05) is 23.7 Å². The molecule has 3 aromatic rings. The van der Waals surface area contributed by atoms with Crippen LogP contribution < -0.4 is 4.74 Å². The molecule has 23 heavy (non-hydrogen) atoms. The highest BCUT2D eigenvalue weighted by Crippen LogP contribution is 2.30. The zero-order valence-corrected chi connectivity index (χ0v) is 14.2. The number of rotatable bonds is 4. The SMILES string of the molecule is COc1ccc(-c2nc(C)c(Cc3cccc(Cl)c3F)s2)nc1. The Morgan fingerprint density at radius 1 is 1.26 bits per heavy atom. The summed E-state index contributed by atoms with van der Waals surface area (Å²) >= 11 is 7.35. The molecule has 0 bridgehead atoms. The van der Waals surface area contributed by atoms with Crippen LogP contribution >= 0.6 is 22.9 Å². The van der Waals surface area contributed by atoms with Gasteiger partial charge in [0.1, 0.15) is 16.6 Å². The molecule has 0 saturated carbocycles. The first-order chi connectivity index (χ1) is 11.1. The minimum atomic E-state index is -0.369. The average molecular weight is 349 g/mol. The molecule has 0 spiro atoms. The van der Waals surface area contributed by atoms with E-state index in [1.165, 1.54) is 11.3 Å². The first kappa shape index (κ1) is 15.9. The maximum atomic E-state index is 14.1. The number of hydrogen-bond donors (Lipinski definition) is 0. The van der Waals surface area contributed by atoms with Gasteiger partial charge in [0.25, 0.3) is 0 Å². The van der Waals surface area contributed by atoms with Crippen LogP contribution in [0, 0.1) is 12.7 Å². The summed E-state index contributed by atoms with van der Waals surface area (Å²) in [5.74, 6) is 0.328. The highest BCUT2D eigenvalue weighted by molar-refractivity contribution is 7.15. The topological polar surface area (TPSA) is 35.0 Å². The van der Waals surface area contributed by atoms with Gasteiger partial charge >= 0.3 is 0 Å². The molecular weight excluding hydrogens is 335 g/mol. The van der Waals surface area contributed by atoms with Crippen LogP contribution in [-0.4, -0.2) is 17.1 Å². The number of pyridine rings is 1. The van der Waals surface area contributed by atoms with E-state index in [-0.39, 0.29) is 10.8 Å². The van der Waals surface area contributed by atoms with Gasteiger partial charge in [-0.05, 0) is 30.7 Å². The second-order valence-electron chi connectivity index (χ2n) is 5.00. The maximum Gasteiger partial charge on any atom is 0.145 e. The normalized spacial score (nSPS) is 10.8. The molecule has 1 aromatic carbocycles. The van der Waals surface area contributed by atoms with E-state index in [1.807, 2.05) is 19.1 Å². The molecule has 6 heteroatoms. The number of nitrogens with zero attached hydrogens (tertiary/aromatic N) is 2. The molecule has 0 radical (unpaired) electrons. The monoisotopic (exact) mass is 348 g/mol. The van der Waals surface area contributed by atoms with Crippen molar-refractivity contribution in [2.45, 2.75) is 13.3 Å². The summed E-state index contributed by atoms with van der Waals surface area (Å²) in [6.07, 6.45) is 2.12. The van der Waals surface area contributed by atoms with Crippen molar-refractivity contribution in [3.63, 3.8) is 0 Å². The van der Waals surface area contributed by atoms with E-state index >= 15 is 0 Å². The number of ether oxygens (including phenoxy) is 1. The molecule has 2 aromatic heterocycles. The van der Waals surface area contributed by atoms with Gasteiger partial charge in [-0.25, -0.2) is 14.4 Å². The van der Waals surface area contributed by atoms with Gasteiger partial charge < -0.3 is 4.74 Å². The number of halogens is 2. The van der Waals surface area contributed by atoms with Gasteiger partial charge in [-0.3, -0.25) is 0 Å². The van der Waals surface area contributed by atoms with Crippen molar-refractivity contribution >= 4 is 22.9 Å². The fourth-order valence-corrected chi connectivity index (χ4v) is 3.44. The minimum absolute atomic E-state index is 0.140. The van der Waals surface area contributed by atoms with E-state index in [4.69, 9.17) is 16.3 Å². The van der Waals surface area contributed by atoms with Crippen LogP contribution in [-0.2, 0) is 6.42 Å². The first-order valence-electron chi connectivity index (χ1n) is 6.98. The molecule has 0 N–H and O–H groups in total. The van der Waals surface area contributed by atoms with Crippen LogP contribution in [0.4, 0.5) is 4.39 Å². The van der Waals surface area contributed by atoms with Crippen molar-refractivity contribution in [1.82, 2.24) is 9.97 Å². The van der Waals surface area contributed by atoms with Gasteiger partial charge in [0.2, 0.25) is 0 Å². The van der Waals surface area contributed by atoms with E-state index in [9.17, 15) is 4.39 Å². The Hall–Kier alpha value is -1.98. The number of aromatic nitrogens is 2. The summed E-state index contributed by atoms with van der Waals surface area (Å²) in [7, 11) is 1.60. The summed E-state index contributed by atoms with van der Waals surface area (Å²) < 4.78 is 19.2. The molecule has 0 atom stereocenters. The van der Waals surface area contributed by atoms with Crippen molar-refractivity contribution in [2.75, 3.05) is 7.11 Å². The fraction of sp³-hybridized carbons (Fsp3) is 0.176. The first-order valence-corrected chi connectivity index (χ1v) is 8.17. The minimum Gasteiger partial charge on any atom is -0.495 e. The molecule has 0 aliphatic carbocycles. The zero-order chi connectivity index (χ0) is 16.4. The summed E-state index contributed by atoms with van der Waals surface area (Å²) in [6, 6.07) is 8.75. The van der Waals surface area contributed by atoms with Crippen LogP contribution in [0.2, 0.25) is 5.02 Å². The molecule has 3 rings (SSSR count). The van der Waals surface area contributed by atoms with Crippen LogP contribution in [0.5, 0.6) is 5.75 Å². The largest absolute Gasteiger partial charge is 0.495 e. The number of benzene rings is 1. The summed E-state index contributed by atoms with van der Waals surface area (Å²) in [4.78, 5) is 9.88. The van der Waals surface area contributed by atoms with Gasteiger partial charge in [0.05, 0.1) is 29.7 Å². The van der Waals surface area contributed by atoms with Gasteiger partial charge in [0, 0.05) is 11.3 Å². The number of methoxy groups -OCH3 is 1. The number of aryl methyl sites for hydroxylation is 1. The van der Waals surface area contributed by atoms with Crippen molar-refractivity contribution in [1.29, 1.82) is 0 Å². The molecule has 0 amide bonds. The molecule has 3 nitrogen and oxygen atoms in total. The number of thiazole rings is 1. The Morgan fingerprint density at radius 2 is 2.09 bits per heavy atom. The second-order valence-corrected chi connectivity index (χ2v) is 6.49. The lowest BCUT2D eigenvalue weighted by Crippen LogP contribution is -1.93. The van der Waals surface area contributed by atoms with Gasteiger partial charge in [-0.15, -0.1) is 11.3 Å². The summed E-state index contributed by atoms with van der Waals surface area (Å²) in [5.41, 5.74) is 2.22. The Kier molecular flexibility index (Phi) is 4.59. The van der Waals surface area contributed by atoms with E-state index in [1.54, 1.807) is 31.5 Å². The molecular formula is C17H14ClFN2OS. The van der Waals surface area contributed by atoms with Crippen LogP contribution in [0.25, 0.3) is 10.7 Å². The predicted octanol–water partition coefficient (Wildman–Crippen LogP) is 4.91. The second kappa shape index (κ2) is 6.64. The smallest absolute Gasteiger partial charge is 0.145 e. The number of hydrogen-bond acceptors (Lipinski definition) is 4. The third-order valence-electron chi connectivity index (χ3n) is 3.47. The van der Waals surface area contributed by atoms with E-state index in [2.05, 4.69) is 9.97 Å². The van der Waals surface area contributed by atoms with E-state index in [0.717, 1.165) is 21.3 Å². The highest BCUT2D eigenvalue weighted by atomic mass is 35.5. The molecule has 2 heterocycles. The van der Waals surface area contributed by atoms with Crippen LogP contribution in [0.1, 0.15) is 16.1 Å². The van der Waals surface area contributed by atoms with E-state index < -0.39 is 0 Å². The Labute approximate surface area is 142 Å². The quantitative estimate of drug-likeness (QED) is 0.672. The lowest BCUT2D eigenvalue weighted by molar-refractivity contribution is 0.413. The van der Waals surface area contributed by atoms with Crippen LogP contribution in [0.3, 0.4) is 0 Å². The molecule has 118 valence electrons. The molecule has 0 aliphatic heterocycles. The van der Waals surface area contributed by atoms with Crippen molar-refractivity contribution < 1.29 is 9.13 Å². The highest BCUT2D eigenvalue weighted by Gasteiger charge is 2.14. The fourth-order valence-electron chi connectivity index (χ4n) is 2.19. The summed E-state index contributed by atoms with van der Waals surface area (Å²) in [6.45, 7) is 1.92. The van der Waals surface area contributed by atoms with Crippen molar-refractivity contribution in [3.05, 3.63) is 63.5 Å². The van der Waals surface area contributed by atoms with E-state index in [0.29, 0.717) is 17.7 Å². The molecule has 0 unspecified atom stereocenters. The molecule has 0 saturated heterocycles. The van der Waals surface area contributed by atoms with Crippen LogP contribution in [0.15, 0.2) is 36.5 Å². The third-order valence-corrected chi connectivity index (χ3v) is 4.94. The van der Waals surface area contributed by atoms with Crippen molar-refractivity contribution in [2.24, 2.45) is 0 Å². The lowest BCUT2D eigenvalue weighted by Gasteiger charge is -2.03. The summed E-state index contributed by atoms with van der Waals surface area (Å²) in [5, 5.41) is 0.948. The lowest BCUT2D eigenvalue weighted by atomic mass is 10.1. The predicted molar refractivity (Wildman–Crippen MR) is 90.9 cm³/mol.